The van der Waals surface area contributed by atoms with E-state index in [4.69, 9.17) is 0 Å². The van der Waals surface area contributed by atoms with Crippen molar-refractivity contribution < 1.29 is 48.9 Å². The van der Waals surface area contributed by atoms with Crippen LogP contribution in [0.5, 0.6) is 0 Å². The molecule has 0 saturated heterocycles. The lowest BCUT2D eigenvalue weighted by Crippen LogP contribution is -2.67. The number of carbonyl (C=O) groups excluding carboxylic acids is 9. The molecular weight excluding hydrogens is 558 g/mol. The van der Waals surface area contributed by atoms with Crippen molar-refractivity contribution in [2.75, 3.05) is 19.6 Å². The summed E-state index contributed by atoms with van der Waals surface area (Å²) >= 11 is 0. The van der Waals surface area contributed by atoms with E-state index in [0.29, 0.717) is 6.29 Å². The maximum Gasteiger partial charge on any atom is 0.278 e. The smallest absolute Gasteiger partial charge is 0.278 e. The zero-order chi connectivity index (χ0) is 32.6. The van der Waals surface area contributed by atoms with Crippen LogP contribution in [-0.4, -0.2) is 109 Å². The molecule has 0 aliphatic carbocycles. The molecule has 0 saturated carbocycles. The summed E-state index contributed by atoms with van der Waals surface area (Å²) in [6.45, 7) is 7.11. The van der Waals surface area contributed by atoms with Crippen molar-refractivity contribution in [1.82, 2.24) is 42.5 Å². The van der Waals surface area contributed by atoms with Crippen molar-refractivity contribution in [3.8, 4) is 0 Å². The van der Waals surface area contributed by atoms with Crippen molar-refractivity contribution in [1.29, 1.82) is 0 Å². The summed E-state index contributed by atoms with van der Waals surface area (Å²) in [6.07, 6.45) is 0.520. The van der Waals surface area contributed by atoms with Gasteiger partial charge in [-0.05, 0) is 41.5 Å². The lowest BCUT2D eigenvalue weighted by molar-refractivity contribution is -0.398. The zero-order valence-electron chi connectivity index (χ0n) is 24.5. The molecule has 0 spiro atoms. The molecule has 11 N–H and O–H groups in total. The predicted molar refractivity (Wildman–Crippen MR) is 145 cm³/mol. The van der Waals surface area contributed by atoms with E-state index in [9.17, 15) is 43.2 Å². The van der Waals surface area contributed by atoms with Gasteiger partial charge in [0.2, 0.25) is 41.4 Å². The third-order valence-electron chi connectivity index (χ3n) is 5.36. The Morgan fingerprint density at radius 3 is 1.31 bits per heavy atom. The first-order chi connectivity index (χ1) is 19.5. The van der Waals surface area contributed by atoms with Crippen LogP contribution in [0.1, 0.15) is 41.5 Å². The number of quaternary nitrogens is 1. The number of carbonyl (C=O) groups is 9. The first-order valence-electron chi connectivity index (χ1n) is 13.1. The van der Waals surface area contributed by atoms with Gasteiger partial charge in [-0.1, -0.05) is 0 Å². The van der Waals surface area contributed by atoms with Gasteiger partial charge in [0.15, 0.2) is 6.04 Å². The van der Waals surface area contributed by atoms with Crippen molar-refractivity contribution in [2.24, 2.45) is 0 Å². The molecule has 0 heterocycles. The molecule has 8 amide bonds. The Labute approximate surface area is 242 Å². The van der Waals surface area contributed by atoms with Crippen molar-refractivity contribution in [3.63, 3.8) is 0 Å². The van der Waals surface area contributed by atoms with Gasteiger partial charge >= 0.3 is 0 Å². The second kappa shape index (κ2) is 18.7. The molecule has 0 radical (unpaired) electrons. The summed E-state index contributed by atoms with van der Waals surface area (Å²) in [6, 6.07) is -5.45. The van der Waals surface area contributed by atoms with E-state index in [1.54, 1.807) is 6.92 Å². The van der Waals surface area contributed by atoms with Gasteiger partial charge in [0.05, 0.1) is 25.7 Å². The second-order valence-corrected chi connectivity index (χ2v) is 9.59. The molecular formula is C24H42N9O9+. The number of rotatable bonds is 17. The molecule has 0 aromatic carbocycles. The Kier molecular flexibility index (Phi) is 16.6. The summed E-state index contributed by atoms with van der Waals surface area (Å²) in [4.78, 5) is 107. The molecule has 0 aliphatic heterocycles. The Balaban J connectivity index is 4.46. The van der Waals surface area contributed by atoms with E-state index in [0.717, 1.165) is 0 Å². The fourth-order valence-electron chi connectivity index (χ4n) is 2.81. The van der Waals surface area contributed by atoms with Gasteiger partial charge in [0.25, 0.3) is 5.91 Å². The van der Waals surface area contributed by atoms with Gasteiger partial charge in [0, 0.05) is 0 Å². The SMILES string of the molecule is C[C@H]([NH3+])C(=O)N[C@@H](C)C(=O)NCC(=O)NCC(=O)N[C@@H](C)C(=O)N[C@@H](C)C(=O)N[C@@H](C)C(=O)NCC(=O)N[C@@H](C)C=O. The minimum Gasteiger partial charge on any atom is -0.348 e. The number of hydrogen-bond acceptors (Lipinski definition) is 9. The van der Waals surface area contributed by atoms with Crippen LogP contribution in [0.4, 0.5) is 0 Å². The van der Waals surface area contributed by atoms with E-state index >= 15 is 0 Å². The molecule has 6 atom stereocenters. The lowest BCUT2D eigenvalue weighted by Gasteiger charge is -2.20. The van der Waals surface area contributed by atoms with Crippen LogP contribution < -0.4 is 48.3 Å². The van der Waals surface area contributed by atoms with Crippen molar-refractivity contribution in [2.45, 2.75) is 77.8 Å². The highest BCUT2D eigenvalue weighted by Gasteiger charge is 2.24. The summed E-state index contributed by atoms with van der Waals surface area (Å²) in [5.41, 5.74) is 3.53. The van der Waals surface area contributed by atoms with Gasteiger partial charge in [0.1, 0.15) is 30.5 Å². The first-order valence-corrected chi connectivity index (χ1v) is 13.1. The predicted octanol–water partition coefficient (Wildman–Crippen LogP) is -6.31. The maximum atomic E-state index is 12.4. The summed E-state index contributed by atoms with van der Waals surface area (Å²) in [7, 11) is 0. The quantitative estimate of drug-likeness (QED) is 0.0717. The highest BCUT2D eigenvalue weighted by molar-refractivity contribution is 5.95. The fourth-order valence-corrected chi connectivity index (χ4v) is 2.81. The third-order valence-corrected chi connectivity index (χ3v) is 5.36. The average molecular weight is 601 g/mol. The molecule has 0 aromatic rings. The molecule has 0 rings (SSSR count). The Hall–Kier alpha value is -4.61. The third kappa shape index (κ3) is 15.2. The number of nitrogens with one attached hydrogen (secondary N) is 8. The Morgan fingerprint density at radius 2 is 0.857 bits per heavy atom. The molecule has 236 valence electrons. The van der Waals surface area contributed by atoms with Crippen molar-refractivity contribution in [3.05, 3.63) is 0 Å². The van der Waals surface area contributed by atoms with Gasteiger partial charge in [-0.25, -0.2) is 0 Å². The number of amides is 8. The summed E-state index contributed by atoms with van der Waals surface area (Å²) < 4.78 is 0. The topological polar surface area (TPSA) is 278 Å². The van der Waals surface area contributed by atoms with Crippen LogP contribution in [0.2, 0.25) is 0 Å². The van der Waals surface area contributed by atoms with Crippen molar-refractivity contribution >= 4 is 53.5 Å². The molecule has 0 aromatic heterocycles. The van der Waals surface area contributed by atoms with E-state index in [2.05, 4.69) is 48.3 Å². The molecule has 0 fully saturated rings. The number of aldehydes is 1. The van der Waals surface area contributed by atoms with Crippen LogP contribution in [0, 0.1) is 0 Å². The summed E-state index contributed by atoms with van der Waals surface area (Å²) in [5.74, 6) is -5.19. The fraction of sp³-hybridized carbons (Fsp3) is 0.625. The zero-order valence-corrected chi connectivity index (χ0v) is 24.5. The lowest BCUT2D eigenvalue weighted by atomic mass is 10.2. The number of hydrogen-bond donors (Lipinski definition) is 9. The minimum atomic E-state index is -1.10. The van der Waals surface area contributed by atoms with Gasteiger partial charge in [-0.2, -0.15) is 0 Å². The van der Waals surface area contributed by atoms with E-state index in [1.165, 1.54) is 34.6 Å². The van der Waals surface area contributed by atoms with Gasteiger partial charge in [-0.3, -0.25) is 38.4 Å². The molecule has 42 heavy (non-hydrogen) atoms. The Morgan fingerprint density at radius 1 is 0.500 bits per heavy atom. The molecule has 0 unspecified atom stereocenters. The van der Waals surface area contributed by atoms with E-state index in [-0.39, 0.29) is 0 Å². The van der Waals surface area contributed by atoms with Crippen LogP contribution in [0.15, 0.2) is 0 Å². The highest BCUT2D eigenvalue weighted by Crippen LogP contribution is 1.91. The van der Waals surface area contributed by atoms with E-state index in [1.807, 2.05) is 0 Å². The monoisotopic (exact) mass is 600 g/mol. The average Bonchev–Trinajstić information content (AvgIpc) is 2.92. The van der Waals surface area contributed by atoms with Crippen LogP contribution in [-0.2, 0) is 43.2 Å². The normalized spacial score (nSPS) is 14.6. The minimum absolute atomic E-state index is 0.412. The van der Waals surface area contributed by atoms with Crippen LogP contribution in [0.3, 0.4) is 0 Å². The molecule has 0 aliphatic rings. The van der Waals surface area contributed by atoms with Gasteiger partial charge in [-0.15, -0.1) is 0 Å². The molecule has 18 heteroatoms. The highest BCUT2D eigenvalue weighted by atomic mass is 16.2. The second-order valence-electron chi connectivity index (χ2n) is 9.59. The summed E-state index contributed by atoms with van der Waals surface area (Å²) in [5, 5.41) is 18.7. The van der Waals surface area contributed by atoms with Crippen LogP contribution in [0.25, 0.3) is 0 Å². The molecule has 18 nitrogen and oxygen atoms in total. The van der Waals surface area contributed by atoms with Crippen LogP contribution >= 0.6 is 0 Å². The first kappa shape index (κ1) is 37.4. The standard InChI is InChI=1S/C24H41N9O9/c1-11(10-34)29-18(36)9-28-22(40)14(4)32-24(42)16(6)33-23(41)15(5)30-19(37)8-26-17(35)7-27-21(39)13(3)31-20(38)12(2)25/h10-16H,7-9,25H2,1-6H3,(H,26,35)(H,27,39)(H,28,40)(H,29,36)(H,30,37)(H,31,38)(H,32,42)(H,33,41)/p+1/t11-,12-,13-,14-,15-,16-/m0/s1. The van der Waals surface area contributed by atoms with Gasteiger partial charge < -0.3 is 53.1 Å². The van der Waals surface area contributed by atoms with E-state index < -0.39 is 103 Å². The molecule has 0 bridgehead atoms. The maximum absolute atomic E-state index is 12.4. The Bertz CT molecular complexity index is 1030. The largest absolute Gasteiger partial charge is 0.348 e.